The zero-order chi connectivity index (χ0) is 19.8. The van der Waals surface area contributed by atoms with E-state index in [1.807, 2.05) is 0 Å². The molecule has 1 amide bonds. The van der Waals surface area contributed by atoms with Gasteiger partial charge in [0.1, 0.15) is 6.04 Å². The second-order valence-electron chi connectivity index (χ2n) is 7.84. The fourth-order valence-corrected chi connectivity index (χ4v) is 5.85. The number of sulfonamides is 1. The molecule has 2 saturated heterocycles. The first-order valence-corrected chi connectivity index (χ1v) is 12.1. The molecule has 1 atom stereocenters. The molecule has 156 valence electrons. The topological polar surface area (TPSA) is 69.7 Å². The van der Waals surface area contributed by atoms with Crippen molar-refractivity contribution >= 4 is 15.9 Å². The van der Waals surface area contributed by atoms with Crippen molar-refractivity contribution in [3.05, 3.63) is 30.3 Å². The van der Waals surface area contributed by atoms with Crippen molar-refractivity contribution in [2.45, 2.75) is 62.3 Å². The number of nitrogens with one attached hydrogen (secondary N) is 1. The fourth-order valence-electron chi connectivity index (χ4n) is 4.17. The van der Waals surface area contributed by atoms with Crippen LogP contribution in [0.4, 0.5) is 0 Å². The smallest absolute Gasteiger partial charge is 0.243 e. The number of hydrogen-bond donors (Lipinski definition) is 1. The van der Waals surface area contributed by atoms with E-state index < -0.39 is 16.1 Å². The lowest BCUT2D eigenvalue weighted by Crippen LogP contribution is -2.52. The van der Waals surface area contributed by atoms with Crippen molar-refractivity contribution in [2.75, 3.05) is 32.7 Å². The average Bonchev–Trinajstić information content (AvgIpc) is 3.00. The summed E-state index contributed by atoms with van der Waals surface area (Å²) in [4.78, 5) is 15.5. The summed E-state index contributed by atoms with van der Waals surface area (Å²) < 4.78 is 27.4. The largest absolute Gasteiger partial charge is 0.355 e. The van der Waals surface area contributed by atoms with Crippen LogP contribution < -0.4 is 5.32 Å². The van der Waals surface area contributed by atoms with E-state index in [1.165, 1.54) is 30.0 Å². The molecule has 2 fully saturated rings. The molecular weight excluding hydrogens is 374 g/mol. The van der Waals surface area contributed by atoms with Gasteiger partial charge in [0.25, 0.3) is 0 Å². The number of benzene rings is 1. The minimum atomic E-state index is -3.64. The van der Waals surface area contributed by atoms with Gasteiger partial charge in [0.05, 0.1) is 4.90 Å². The Morgan fingerprint density at radius 1 is 0.964 bits per heavy atom. The van der Waals surface area contributed by atoms with Crippen LogP contribution in [0.5, 0.6) is 0 Å². The normalized spacial score (nSPS) is 22.5. The molecule has 0 aliphatic carbocycles. The number of piperidine rings is 1. The highest BCUT2D eigenvalue weighted by molar-refractivity contribution is 7.89. The minimum Gasteiger partial charge on any atom is -0.355 e. The molecule has 0 radical (unpaired) electrons. The lowest BCUT2D eigenvalue weighted by Gasteiger charge is -2.33. The van der Waals surface area contributed by atoms with E-state index in [1.54, 1.807) is 30.3 Å². The van der Waals surface area contributed by atoms with E-state index in [-0.39, 0.29) is 10.8 Å². The molecule has 2 aliphatic heterocycles. The molecule has 1 N–H and O–H groups in total. The van der Waals surface area contributed by atoms with Crippen LogP contribution in [-0.4, -0.2) is 62.3 Å². The summed E-state index contributed by atoms with van der Waals surface area (Å²) in [7, 11) is -3.64. The molecule has 1 unspecified atom stereocenters. The lowest BCUT2D eigenvalue weighted by atomic mass is 10.0. The van der Waals surface area contributed by atoms with E-state index in [0.29, 0.717) is 19.5 Å². The fraction of sp³-hybridized carbons (Fsp3) is 0.667. The summed E-state index contributed by atoms with van der Waals surface area (Å²) in [5.74, 6) is -0.157. The van der Waals surface area contributed by atoms with Gasteiger partial charge in [-0.3, -0.25) is 4.79 Å². The first kappa shape index (κ1) is 21.3. The predicted octanol–water partition coefficient (Wildman–Crippen LogP) is 2.61. The SMILES string of the molecule is O=C(NCCCN1CCCCCC1)C1CCCCN1S(=O)(=O)c1ccccc1. The van der Waals surface area contributed by atoms with Crippen molar-refractivity contribution in [1.82, 2.24) is 14.5 Å². The van der Waals surface area contributed by atoms with Gasteiger partial charge in [-0.25, -0.2) is 8.42 Å². The Bertz CT molecular complexity index is 716. The van der Waals surface area contributed by atoms with Crippen LogP contribution in [-0.2, 0) is 14.8 Å². The molecule has 0 aromatic heterocycles. The van der Waals surface area contributed by atoms with Crippen LogP contribution in [0.25, 0.3) is 0 Å². The third kappa shape index (κ3) is 5.55. The molecule has 1 aromatic carbocycles. The van der Waals surface area contributed by atoms with Gasteiger partial charge in [0.2, 0.25) is 15.9 Å². The van der Waals surface area contributed by atoms with Gasteiger partial charge in [0.15, 0.2) is 0 Å². The number of rotatable bonds is 7. The summed E-state index contributed by atoms with van der Waals surface area (Å²) in [6.07, 6.45) is 8.34. The summed E-state index contributed by atoms with van der Waals surface area (Å²) in [6.45, 7) is 4.31. The monoisotopic (exact) mass is 407 g/mol. The zero-order valence-corrected chi connectivity index (χ0v) is 17.5. The second-order valence-corrected chi connectivity index (χ2v) is 9.73. The van der Waals surface area contributed by atoms with Crippen molar-refractivity contribution in [3.8, 4) is 0 Å². The first-order chi connectivity index (χ1) is 13.6. The Morgan fingerprint density at radius 3 is 2.36 bits per heavy atom. The number of likely N-dealkylation sites (tertiary alicyclic amines) is 1. The molecule has 2 heterocycles. The molecule has 0 bridgehead atoms. The minimum absolute atomic E-state index is 0.157. The maximum absolute atomic E-state index is 13.0. The molecule has 6 nitrogen and oxygen atoms in total. The highest BCUT2D eigenvalue weighted by atomic mass is 32.2. The van der Waals surface area contributed by atoms with Gasteiger partial charge in [0, 0.05) is 13.1 Å². The second kappa shape index (κ2) is 10.4. The molecule has 1 aromatic rings. The first-order valence-electron chi connectivity index (χ1n) is 10.7. The number of nitrogens with zero attached hydrogens (tertiary/aromatic N) is 2. The summed E-state index contributed by atoms with van der Waals surface area (Å²) >= 11 is 0. The van der Waals surface area contributed by atoms with Gasteiger partial charge in [-0.1, -0.05) is 37.5 Å². The van der Waals surface area contributed by atoms with Gasteiger partial charge in [-0.05, 0) is 63.9 Å². The molecule has 3 rings (SSSR count). The van der Waals surface area contributed by atoms with Crippen molar-refractivity contribution in [3.63, 3.8) is 0 Å². The number of amides is 1. The summed E-state index contributed by atoms with van der Waals surface area (Å²) in [5, 5.41) is 2.99. The number of carbonyl (C=O) groups is 1. The molecule has 7 heteroatoms. The Morgan fingerprint density at radius 2 is 1.64 bits per heavy atom. The standard InChI is InChI=1S/C21H33N3O3S/c25-21(22-14-10-17-23-15-7-1-2-8-16-23)20-13-6-9-18-24(20)28(26,27)19-11-4-3-5-12-19/h3-5,11-12,20H,1-2,6-10,13-18H2,(H,22,25). The maximum Gasteiger partial charge on any atom is 0.243 e. The van der Waals surface area contributed by atoms with E-state index in [9.17, 15) is 13.2 Å². The Kier molecular flexibility index (Phi) is 7.88. The third-order valence-corrected chi connectivity index (χ3v) is 7.68. The van der Waals surface area contributed by atoms with Crippen LogP contribution in [0.3, 0.4) is 0 Å². The van der Waals surface area contributed by atoms with E-state index in [4.69, 9.17) is 0 Å². The van der Waals surface area contributed by atoms with E-state index in [2.05, 4.69) is 10.2 Å². The van der Waals surface area contributed by atoms with Crippen molar-refractivity contribution in [1.29, 1.82) is 0 Å². The van der Waals surface area contributed by atoms with Gasteiger partial charge < -0.3 is 10.2 Å². The van der Waals surface area contributed by atoms with Crippen LogP contribution in [0, 0.1) is 0 Å². The van der Waals surface area contributed by atoms with E-state index >= 15 is 0 Å². The van der Waals surface area contributed by atoms with Gasteiger partial charge >= 0.3 is 0 Å². The Hall–Kier alpha value is -1.44. The molecule has 0 saturated carbocycles. The summed E-state index contributed by atoms with van der Waals surface area (Å²) in [5.41, 5.74) is 0. The highest BCUT2D eigenvalue weighted by Crippen LogP contribution is 2.25. The molecule has 2 aliphatic rings. The van der Waals surface area contributed by atoms with Crippen LogP contribution >= 0.6 is 0 Å². The van der Waals surface area contributed by atoms with Crippen molar-refractivity contribution in [2.24, 2.45) is 0 Å². The number of hydrogen-bond acceptors (Lipinski definition) is 4. The zero-order valence-electron chi connectivity index (χ0n) is 16.7. The third-order valence-electron chi connectivity index (χ3n) is 5.76. The highest BCUT2D eigenvalue weighted by Gasteiger charge is 2.37. The van der Waals surface area contributed by atoms with Crippen molar-refractivity contribution < 1.29 is 13.2 Å². The number of carbonyl (C=O) groups excluding carboxylic acids is 1. The predicted molar refractivity (Wildman–Crippen MR) is 111 cm³/mol. The van der Waals surface area contributed by atoms with Crippen LogP contribution in [0.1, 0.15) is 51.4 Å². The quantitative estimate of drug-likeness (QED) is 0.706. The summed E-state index contributed by atoms with van der Waals surface area (Å²) in [6, 6.07) is 7.82. The van der Waals surface area contributed by atoms with E-state index in [0.717, 1.165) is 38.9 Å². The Labute approximate surface area is 169 Å². The lowest BCUT2D eigenvalue weighted by molar-refractivity contribution is -0.125. The van der Waals surface area contributed by atoms with Gasteiger partial charge in [-0.15, -0.1) is 0 Å². The molecule has 0 spiro atoms. The van der Waals surface area contributed by atoms with Crippen LogP contribution in [0.15, 0.2) is 35.2 Å². The Balaban J connectivity index is 1.53. The molecule has 28 heavy (non-hydrogen) atoms. The molecular formula is C21H33N3O3S. The average molecular weight is 408 g/mol. The van der Waals surface area contributed by atoms with Crippen LogP contribution in [0.2, 0.25) is 0 Å². The van der Waals surface area contributed by atoms with Gasteiger partial charge in [-0.2, -0.15) is 4.31 Å². The maximum atomic E-state index is 13.0.